The number of halogens is 3. The summed E-state index contributed by atoms with van der Waals surface area (Å²) in [6.45, 7) is 3.85. The van der Waals surface area contributed by atoms with Gasteiger partial charge in [0.1, 0.15) is 0 Å². The zero-order valence-electron chi connectivity index (χ0n) is 13.5. The average molecular weight is 399 g/mol. The van der Waals surface area contributed by atoms with Crippen molar-refractivity contribution in [2.24, 2.45) is 0 Å². The molecule has 0 spiro atoms. The first kappa shape index (κ1) is 18.3. The number of rotatable bonds is 3. The van der Waals surface area contributed by atoms with Crippen LogP contribution in [-0.4, -0.2) is 42.0 Å². The van der Waals surface area contributed by atoms with Crippen LogP contribution in [-0.2, 0) is 6.54 Å². The van der Waals surface area contributed by atoms with E-state index in [-0.39, 0.29) is 6.03 Å². The first-order chi connectivity index (χ1) is 12.0. The summed E-state index contributed by atoms with van der Waals surface area (Å²) >= 11 is 17.9. The molecule has 7 heteroatoms. The van der Waals surface area contributed by atoms with Crippen LogP contribution in [0.3, 0.4) is 0 Å². The molecule has 1 saturated heterocycles. The largest absolute Gasteiger partial charge is 0.322 e. The van der Waals surface area contributed by atoms with Crippen LogP contribution in [0, 0.1) is 0 Å². The van der Waals surface area contributed by atoms with E-state index in [4.69, 9.17) is 34.8 Å². The van der Waals surface area contributed by atoms with Crippen molar-refractivity contribution in [3.63, 3.8) is 0 Å². The third-order valence-electron chi connectivity index (χ3n) is 4.15. The Morgan fingerprint density at radius 2 is 1.56 bits per heavy atom. The SMILES string of the molecule is O=C(Nc1ccc(Cl)cc1Cl)N1CCN(Cc2ccc(Cl)cc2)CC1. The van der Waals surface area contributed by atoms with Crippen LogP contribution < -0.4 is 5.32 Å². The van der Waals surface area contributed by atoms with Crippen molar-refractivity contribution in [2.75, 3.05) is 31.5 Å². The summed E-state index contributed by atoms with van der Waals surface area (Å²) in [5.74, 6) is 0. The molecule has 1 fully saturated rings. The van der Waals surface area contributed by atoms with Gasteiger partial charge in [-0.2, -0.15) is 0 Å². The monoisotopic (exact) mass is 397 g/mol. The zero-order chi connectivity index (χ0) is 17.8. The number of hydrogen-bond donors (Lipinski definition) is 1. The second-order valence-electron chi connectivity index (χ2n) is 5.94. The molecule has 3 rings (SSSR count). The van der Waals surface area contributed by atoms with Gasteiger partial charge in [-0.15, -0.1) is 0 Å². The van der Waals surface area contributed by atoms with Gasteiger partial charge >= 0.3 is 6.03 Å². The van der Waals surface area contributed by atoms with E-state index in [0.29, 0.717) is 28.8 Å². The van der Waals surface area contributed by atoms with Gasteiger partial charge in [-0.3, -0.25) is 4.90 Å². The number of hydrogen-bond acceptors (Lipinski definition) is 2. The quantitative estimate of drug-likeness (QED) is 0.790. The second-order valence-corrected chi connectivity index (χ2v) is 7.22. The predicted octanol–water partition coefficient (Wildman–Crippen LogP) is 5.00. The number of carbonyl (C=O) groups excluding carboxylic acids is 1. The lowest BCUT2D eigenvalue weighted by atomic mass is 10.2. The Hall–Kier alpha value is -1.46. The fourth-order valence-corrected chi connectivity index (χ4v) is 3.32. The van der Waals surface area contributed by atoms with Gasteiger partial charge in [-0.25, -0.2) is 4.79 Å². The Kier molecular flexibility index (Phi) is 6.07. The van der Waals surface area contributed by atoms with E-state index in [1.165, 1.54) is 5.56 Å². The number of benzene rings is 2. The smallest absolute Gasteiger partial charge is 0.321 e. The summed E-state index contributed by atoms with van der Waals surface area (Å²) in [4.78, 5) is 16.5. The lowest BCUT2D eigenvalue weighted by Gasteiger charge is -2.34. The normalized spacial score (nSPS) is 15.2. The summed E-state index contributed by atoms with van der Waals surface area (Å²) in [6, 6.07) is 12.7. The average Bonchev–Trinajstić information content (AvgIpc) is 2.60. The molecular weight excluding hydrogens is 381 g/mol. The lowest BCUT2D eigenvalue weighted by molar-refractivity contribution is 0.143. The van der Waals surface area contributed by atoms with Crippen molar-refractivity contribution < 1.29 is 4.79 Å². The third kappa shape index (κ3) is 5.02. The number of anilines is 1. The van der Waals surface area contributed by atoms with Gasteiger partial charge in [-0.05, 0) is 35.9 Å². The van der Waals surface area contributed by atoms with Crippen LogP contribution in [0.1, 0.15) is 5.56 Å². The molecule has 0 aromatic heterocycles. The van der Waals surface area contributed by atoms with Crippen molar-refractivity contribution >= 4 is 46.5 Å². The van der Waals surface area contributed by atoms with Gasteiger partial charge in [0.15, 0.2) is 0 Å². The molecule has 25 heavy (non-hydrogen) atoms. The minimum atomic E-state index is -0.143. The van der Waals surface area contributed by atoms with Crippen molar-refractivity contribution in [1.29, 1.82) is 0 Å². The molecule has 1 aliphatic heterocycles. The number of carbonyl (C=O) groups is 1. The van der Waals surface area contributed by atoms with Crippen molar-refractivity contribution in [1.82, 2.24) is 9.80 Å². The highest BCUT2D eigenvalue weighted by molar-refractivity contribution is 6.36. The van der Waals surface area contributed by atoms with E-state index >= 15 is 0 Å². The number of nitrogens with one attached hydrogen (secondary N) is 1. The van der Waals surface area contributed by atoms with Gasteiger partial charge in [0.05, 0.1) is 10.7 Å². The number of urea groups is 1. The summed E-state index contributed by atoms with van der Waals surface area (Å²) in [5.41, 5.74) is 1.79. The summed E-state index contributed by atoms with van der Waals surface area (Å²) in [7, 11) is 0. The molecule has 132 valence electrons. The fourth-order valence-electron chi connectivity index (χ4n) is 2.74. The minimum Gasteiger partial charge on any atom is -0.322 e. The predicted molar refractivity (Wildman–Crippen MR) is 104 cm³/mol. The molecular formula is C18H18Cl3N3O. The maximum atomic E-state index is 12.4. The summed E-state index contributed by atoms with van der Waals surface area (Å²) in [5, 5.41) is 4.56. The highest BCUT2D eigenvalue weighted by Gasteiger charge is 2.21. The van der Waals surface area contributed by atoms with Crippen LogP contribution in [0.25, 0.3) is 0 Å². The second kappa shape index (κ2) is 8.28. The molecule has 0 saturated carbocycles. The first-order valence-electron chi connectivity index (χ1n) is 7.99. The van der Waals surface area contributed by atoms with Crippen LogP contribution in [0.4, 0.5) is 10.5 Å². The van der Waals surface area contributed by atoms with Crippen molar-refractivity contribution in [3.05, 3.63) is 63.1 Å². The Morgan fingerprint density at radius 1 is 0.920 bits per heavy atom. The van der Waals surface area contributed by atoms with Crippen LogP contribution in [0.15, 0.2) is 42.5 Å². The number of piperazine rings is 1. The molecule has 1 heterocycles. The molecule has 0 atom stereocenters. The molecule has 0 bridgehead atoms. The molecule has 0 radical (unpaired) electrons. The standard InChI is InChI=1S/C18H18Cl3N3O/c19-14-3-1-13(2-4-14)12-23-7-9-24(10-8-23)18(25)22-17-6-5-15(20)11-16(17)21/h1-6,11H,7-10,12H2,(H,22,25). The maximum Gasteiger partial charge on any atom is 0.321 e. The topological polar surface area (TPSA) is 35.6 Å². The van der Waals surface area contributed by atoms with Gasteiger partial charge in [0.2, 0.25) is 0 Å². The number of amides is 2. The van der Waals surface area contributed by atoms with Crippen LogP contribution >= 0.6 is 34.8 Å². The molecule has 0 aliphatic carbocycles. The highest BCUT2D eigenvalue weighted by Crippen LogP contribution is 2.25. The van der Waals surface area contributed by atoms with E-state index in [0.717, 1.165) is 24.7 Å². The van der Waals surface area contributed by atoms with Gasteiger partial charge < -0.3 is 10.2 Å². The van der Waals surface area contributed by atoms with E-state index < -0.39 is 0 Å². The lowest BCUT2D eigenvalue weighted by Crippen LogP contribution is -2.49. The Balaban J connectivity index is 1.51. The first-order valence-corrected chi connectivity index (χ1v) is 9.12. The van der Waals surface area contributed by atoms with E-state index in [1.807, 2.05) is 24.3 Å². The van der Waals surface area contributed by atoms with E-state index in [1.54, 1.807) is 23.1 Å². The van der Waals surface area contributed by atoms with Crippen LogP contribution in [0.5, 0.6) is 0 Å². The van der Waals surface area contributed by atoms with Gasteiger partial charge in [0.25, 0.3) is 0 Å². The fraction of sp³-hybridized carbons (Fsp3) is 0.278. The van der Waals surface area contributed by atoms with Crippen molar-refractivity contribution in [2.45, 2.75) is 6.54 Å². The molecule has 1 aliphatic rings. The van der Waals surface area contributed by atoms with Crippen molar-refractivity contribution in [3.8, 4) is 0 Å². The van der Waals surface area contributed by atoms with Gasteiger partial charge in [-0.1, -0.05) is 46.9 Å². The molecule has 1 N–H and O–H groups in total. The zero-order valence-corrected chi connectivity index (χ0v) is 15.8. The Morgan fingerprint density at radius 3 is 2.20 bits per heavy atom. The molecule has 0 unspecified atom stereocenters. The molecule has 2 amide bonds. The minimum absolute atomic E-state index is 0.143. The summed E-state index contributed by atoms with van der Waals surface area (Å²) < 4.78 is 0. The van der Waals surface area contributed by atoms with E-state index in [9.17, 15) is 4.79 Å². The Labute approximate surface area is 162 Å². The third-order valence-corrected chi connectivity index (χ3v) is 4.95. The maximum absolute atomic E-state index is 12.4. The van der Waals surface area contributed by atoms with Crippen LogP contribution in [0.2, 0.25) is 15.1 Å². The summed E-state index contributed by atoms with van der Waals surface area (Å²) in [6.07, 6.45) is 0. The van der Waals surface area contributed by atoms with E-state index in [2.05, 4.69) is 10.2 Å². The Bertz CT molecular complexity index is 744. The number of nitrogens with zero attached hydrogens (tertiary/aromatic N) is 2. The highest BCUT2D eigenvalue weighted by atomic mass is 35.5. The molecule has 4 nitrogen and oxygen atoms in total. The van der Waals surface area contributed by atoms with Gasteiger partial charge in [0, 0.05) is 42.8 Å². The molecule has 2 aromatic rings. The molecule has 2 aromatic carbocycles.